The fourth-order valence-corrected chi connectivity index (χ4v) is 2.84. The molecule has 0 saturated heterocycles. The molecule has 3 rings (SSSR count). The molecular formula is C16H18O. The minimum Gasteiger partial charge on any atom is -0.395 e. The minimum atomic E-state index is 0.0546. The average Bonchev–Trinajstić information content (AvgIpc) is 2.28. The first kappa shape index (κ1) is 10.8. The first-order chi connectivity index (χ1) is 8.23. The second kappa shape index (κ2) is 3.85. The van der Waals surface area contributed by atoms with Gasteiger partial charge in [-0.1, -0.05) is 48.4 Å². The minimum absolute atomic E-state index is 0.0546. The quantitative estimate of drug-likeness (QED) is 0.830. The van der Waals surface area contributed by atoms with Crippen molar-refractivity contribution in [1.82, 2.24) is 0 Å². The van der Waals surface area contributed by atoms with E-state index in [-0.39, 0.29) is 12.0 Å². The van der Waals surface area contributed by atoms with E-state index in [1.165, 1.54) is 28.3 Å². The number of hydrogen-bond donors (Lipinski definition) is 1. The van der Waals surface area contributed by atoms with Gasteiger partial charge in [0.2, 0.25) is 0 Å². The lowest BCUT2D eigenvalue weighted by molar-refractivity contribution is 0.120. The van der Waals surface area contributed by atoms with Crippen LogP contribution in [-0.2, 0) is 5.41 Å². The van der Waals surface area contributed by atoms with Gasteiger partial charge in [0, 0.05) is 5.41 Å². The Kier molecular flexibility index (Phi) is 2.44. The predicted octanol–water partition coefficient (Wildman–Crippen LogP) is 3.56. The summed E-state index contributed by atoms with van der Waals surface area (Å²) in [6.07, 6.45) is 3.49. The van der Waals surface area contributed by atoms with Crippen LogP contribution in [0.3, 0.4) is 0 Å². The Morgan fingerprint density at radius 1 is 1.06 bits per heavy atom. The predicted molar refractivity (Wildman–Crippen MR) is 71.3 cm³/mol. The van der Waals surface area contributed by atoms with Crippen molar-refractivity contribution in [2.24, 2.45) is 0 Å². The number of benzene rings is 2. The van der Waals surface area contributed by atoms with E-state index in [1.54, 1.807) is 0 Å². The summed E-state index contributed by atoms with van der Waals surface area (Å²) in [5.74, 6) is 0. The normalized spacial score (nSPS) is 18.0. The fourth-order valence-electron chi connectivity index (χ4n) is 2.84. The van der Waals surface area contributed by atoms with Gasteiger partial charge in [-0.15, -0.1) is 0 Å². The molecule has 0 bridgehead atoms. The summed E-state index contributed by atoms with van der Waals surface area (Å²) in [6, 6.07) is 13.2. The second-order valence-corrected chi connectivity index (χ2v) is 5.36. The maximum atomic E-state index is 9.61. The van der Waals surface area contributed by atoms with Gasteiger partial charge < -0.3 is 5.11 Å². The first-order valence-corrected chi connectivity index (χ1v) is 6.35. The summed E-state index contributed by atoms with van der Waals surface area (Å²) in [4.78, 5) is 0. The summed E-state index contributed by atoms with van der Waals surface area (Å²) >= 11 is 0. The van der Waals surface area contributed by atoms with Gasteiger partial charge in [-0.2, -0.15) is 0 Å². The van der Waals surface area contributed by atoms with E-state index < -0.39 is 0 Å². The molecule has 17 heavy (non-hydrogen) atoms. The molecule has 1 N–H and O–H groups in total. The third kappa shape index (κ3) is 1.66. The molecule has 0 atom stereocenters. The SMILES string of the molecule is Cc1ccc2cc(C3(CO)CCC3)ccc2c1. The maximum absolute atomic E-state index is 9.61. The van der Waals surface area contributed by atoms with Crippen LogP contribution < -0.4 is 0 Å². The summed E-state index contributed by atoms with van der Waals surface area (Å²) in [5, 5.41) is 12.2. The molecule has 1 nitrogen and oxygen atoms in total. The van der Waals surface area contributed by atoms with Crippen LogP contribution in [0.5, 0.6) is 0 Å². The Bertz CT molecular complexity index is 547. The monoisotopic (exact) mass is 226 g/mol. The van der Waals surface area contributed by atoms with Gasteiger partial charge in [0.25, 0.3) is 0 Å². The van der Waals surface area contributed by atoms with E-state index in [4.69, 9.17) is 0 Å². The lowest BCUT2D eigenvalue weighted by Crippen LogP contribution is -2.37. The zero-order valence-electron chi connectivity index (χ0n) is 10.2. The average molecular weight is 226 g/mol. The topological polar surface area (TPSA) is 20.2 Å². The number of hydrogen-bond acceptors (Lipinski definition) is 1. The van der Waals surface area contributed by atoms with Crippen molar-refractivity contribution in [1.29, 1.82) is 0 Å². The molecule has 1 heteroatoms. The molecule has 0 radical (unpaired) electrons. The molecule has 0 heterocycles. The smallest absolute Gasteiger partial charge is 0.0527 e. The summed E-state index contributed by atoms with van der Waals surface area (Å²) in [6.45, 7) is 2.40. The number of aliphatic hydroxyl groups is 1. The van der Waals surface area contributed by atoms with Crippen molar-refractivity contribution in [3.05, 3.63) is 47.5 Å². The number of rotatable bonds is 2. The van der Waals surface area contributed by atoms with E-state index in [0.29, 0.717) is 0 Å². The van der Waals surface area contributed by atoms with Gasteiger partial charge in [-0.25, -0.2) is 0 Å². The van der Waals surface area contributed by atoms with E-state index in [1.807, 2.05) is 0 Å². The molecule has 2 aromatic carbocycles. The zero-order valence-corrected chi connectivity index (χ0v) is 10.2. The number of fused-ring (bicyclic) bond motifs is 1. The van der Waals surface area contributed by atoms with Gasteiger partial charge in [-0.05, 0) is 36.1 Å². The van der Waals surface area contributed by atoms with Gasteiger partial charge in [0.05, 0.1) is 6.61 Å². The maximum Gasteiger partial charge on any atom is 0.0527 e. The van der Waals surface area contributed by atoms with Crippen LogP contribution in [0.1, 0.15) is 30.4 Å². The van der Waals surface area contributed by atoms with Crippen molar-refractivity contribution in [3.8, 4) is 0 Å². The Balaban J connectivity index is 2.10. The summed E-state index contributed by atoms with van der Waals surface area (Å²) in [7, 11) is 0. The Hall–Kier alpha value is -1.34. The largest absolute Gasteiger partial charge is 0.395 e. The highest BCUT2D eigenvalue weighted by molar-refractivity contribution is 5.84. The van der Waals surface area contributed by atoms with Crippen LogP contribution in [0.15, 0.2) is 36.4 Å². The molecule has 0 aromatic heterocycles. The van der Waals surface area contributed by atoms with Crippen LogP contribution in [0.4, 0.5) is 0 Å². The third-order valence-corrected chi connectivity index (χ3v) is 4.22. The van der Waals surface area contributed by atoms with Gasteiger partial charge in [0.1, 0.15) is 0 Å². The van der Waals surface area contributed by atoms with Crippen LogP contribution in [-0.4, -0.2) is 11.7 Å². The number of aliphatic hydroxyl groups excluding tert-OH is 1. The van der Waals surface area contributed by atoms with E-state index in [0.717, 1.165) is 12.8 Å². The van der Waals surface area contributed by atoms with Crippen molar-refractivity contribution >= 4 is 10.8 Å². The molecule has 0 amide bonds. The van der Waals surface area contributed by atoms with E-state index in [2.05, 4.69) is 43.3 Å². The first-order valence-electron chi connectivity index (χ1n) is 6.35. The third-order valence-electron chi connectivity index (χ3n) is 4.22. The molecular weight excluding hydrogens is 208 g/mol. The van der Waals surface area contributed by atoms with Crippen molar-refractivity contribution < 1.29 is 5.11 Å². The van der Waals surface area contributed by atoms with Crippen LogP contribution >= 0.6 is 0 Å². The highest BCUT2D eigenvalue weighted by atomic mass is 16.3. The molecule has 1 fully saturated rings. The van der Waals surface area contributed by atoms with Crippen LogP contribution in [0.25, 0.3) is 10.8 Å². The van der Waals surface area contributed by atoms with E-state index in [9.17, 15) is 5.11 Å². The number of aryl methyl sites for hydroxylation is 1. The van der Waals surface area contributed by atoms with Crippen LogP contribution in [0.2, 0.25) is 0 Å². The highest BCUT2D eigenvalue weighted by Gasteiger charge is 2.37. The van der Waals surface area contributed by atoms with Crippen molar-refractivity contribution in [2.45, 2.75) is 31.6 Å². The Morgan fingerprint density at radius 2 is 1.76 bits per heavy atom. The lowest BCUT2D eigenvalue weighted by Gasteiger charge is -2.41. The standard InChI is InChI=1S/C16H18O/c1-12-3-4-14-10-15(6-5-13(14)9-12)16(11-17)7-2-8-16/h3-6,9-10,17H,2,7-8,11H2,1H3. The molecule has 88 valence electrons. The Morgan fingerprint density at radius 3 is 2.41 bits per heavy atom. The highest BCUT2D eigenvalue weighted by Crippen LogP contribution is 2.43. The zero-order chi connectivity index (χ0) is 11.9. The van der Waals surface area contributed by atoms with Gasteiger partial charge in [0.15, 0.2) is 0 Å². The van der Waals surface area contributed by atoms with E-state index >= 15 is 0 Å². The van der Waals surface area contributed by atoms with Crippen LogP contribution in [0, 0.1) is 6.92 Å². The molecule has 1 aliphatic carbocycles. The fraction of sp³-hybridized carbons (Fsp3) is 0.375. The molecule has 2 aromatic rings. The summed E-state index contributed by atoms with van der Waals surface area (Å²) in [5.41, 5.74) is 2.66. The summed E-state index contributed by atoms with van der Waals surface area (Å²) < 4.78 is 0. The van der Waals surface area contributed by atoms with Gasteiger partial charge in [-0.3, -0.25) is 0 Å². The Labute approximate surface area is 102 Å². The van der Waals surface area contributed by atoms with Crippen molar-refractivity contribution in [3.63, 3.8) is 0 Å². The molecule has 0 aliphatic heterocycles. The van der Waals surface area contributed by atoms with Gasteiger partial charge >= 0.3 is 0 Å². The second-order valence-electron chi connectivity index (χ2n) is 5.36. The molecule has 0 unspecified atom stereocenters. The lowest BCUT2D eigenvalue weighted by atomic mass is 9.65. The molecule has 1 saturated carbocycles. The molecule has 1 aliphatic rings. The van der Waals surface area contributed by atoms with Crippen molar-refractivity contribution in [2.75, 3.05) is 6.61 Å². The molecule has 0 spiro atoms.